The van der Waals surface area contributed by atoms with Gasteiger partial charge >= 0.3 is 10.1 Å². The first-order chi connectivity index (χ1) is 13.5. The van der Waals surface area contributed by atoms with Gasteiger partial charge in [-0.3, -0.25) is 0 Å². The van der Waals surface area contributed by atoms with Crippen molar-refractivity contribution in [3.05, 3.63) is 48.5 Å². The molecular formula is C20H23O8S-. The zero-order valence-corrected chi connectivity index (χ0v) is 17.2. The van der Waals surface area contributed by atoms with Gasteiger partial charge in [-0.15, -0.1) is 0 Å². The fourth-order valence-corrected chi connectivity index (χ4v) is 2.65. The summed E-state index contributed by atoms with van der Waals surface area (Å²) in [6, 6.07) is 13.0. The van der Waals surface area contributed by atoms with Crippen molar-refractivity contribution in [2.75, 3.05) is 19.5 Å². The van der Waals surface area contributed by atoms with Gasteiger partial charge in [-0.05, 0) is 38.1 Å². The third kappa shape index (κ3) is 7.90. The van der Waals surface area contributed by atoms with E-state index < -0.39 is 21.7 Å². The number of aliphatic carboxylic acids is 1. The molecule has 8 nitrogen and oxygen atoms in total. The molecule has 0 unspecified atom stereocenters. The molecular weight excluding hydrogens is 400 g/mol. The number of carbonyl (C=O) groups excluding carboxylic acids is 1. The second-order valence-corrected chi connectivity index (χ2v) is 8.26. The Balaban J connectivity index is 1.79. The number of carboxylic acids is 1. The lowest BCUT2D eigenvalue weighted by Gasteiger charge is -2.27. The SMILES string of the molecule is CC(C)(Oc1cccc(OCCCOc2cccc(OS(C)(=O)=O)c2)c1)C(=O)[O-]. The van der Waals surface area contributed by atoms with Crippen LogP contribution in [0.4, 0.5) is 0 Å². The maximum absolute atomic E-state index is 11.2. The van der Waals surface area contributed by atoms with Gasteiger partial charge in [-0.1, -0.05) is 12.1 Å². The molecule has 0 fully saturated rings. The highest BCUT2D eigenvalue weighted by Gasteiger charge is 2.21. The molecule has 0 aliphatic heterocycles. The summed E-state index contributed by atoms with van der Waals surface area (Å²) in [6.45, 7) is 3.51. The molecule has 0 radical (unpaired) electrons. The Bertz CT molecular complexity index is 937. The van der Waals surface area contributed by atoms with Gasteiger partial charge in [0, 0.05) is 18.6 Å². The van der Waals surface area contributed by atoms with Crippen LogP contribution in [0.2, 0.25) is 0 Å². The molecule has 0 aliphatic carbocycles. The Morgan fingerprint density at radius 2 is 1.41 bits per heavy atom. The monoisotopic (exact) mass is 423 g/mol. The van der Waals surface area contributed by atoms with Gasteiger partial charge in [0.1, 0.15) is 28.6 Å². The maximum atomic E-state index is 11.2. The van der Waals surface area contributed by atoms with Crippen LogP contribution in [-0.2, 0) is 14.9 Å². The van der Waals surface area contributed by atoms with Crippen LogP contribution in [0.3, 0.4) is 0 Å². The second kappa shape index (κ2) is 9.51. The highest BCUT2D eigenvalue weighted by molar-refractivity contribution is 7.86. The summed E-state index contributed by atoms with van der Waals surface area (Å²) in [5.41, 5.74) is -1.46. The molecule has 0 aliphatic rings. The Morgan fingerprint density at radius 1 is 0.931 bits per heavy atom. The summed E-state index contributed by atoms with van der Waals surface area (Å²) >= 11 is 0. The van der Waals surface area contributed by atoms with E-state index in [-0.39, 0.29) is 5.75 Å². The lowest BCUT2D eigenvalue weighted by molar-refractivity contribution is -0.320. The molecule has 29 heavy (non-hydrogen) atoms. The predicted octanol–water partition coefficient (Wildman–Crippen LogP) is 1.78. The smallest absolute Gasteiger partial charge is 0.306 e. The molecule has 0 saturated carbocycles. The molecule has 0 aromatic heterocycles. The number of ether oxygens (including phenoxy) is 3. The van der Waals surface area contributed by atoms with Crippen molar-refractivity contribution in [1.29, 1.82) is 0 Å². The average Bonchev–Trinajstić information content (AvgIpc) is 2.60. The molecule has 158 valence electrons. The second-order valence-electron chi connectivity index (χ2n) is 6.69. The molecule has 0 heterocycles. The van der Waals surface area contributed by atoms with Crippen LogP contribution < -0.4 is 23.5 Å². The summed E-state index contributed by atoms with van der Waals surface area (Å²) < 4.78 is 43.7. The van der Waals surface area contributed by atoms with Crippen molar-refractivity contribution in [3.8, 4) is 23.0 Å². The van der Waals surface area contributed by atoms with Crippen molar-refractivity contribution in [2.24, 2.45) is 0 Å². The minimum atomic E-state index is -3.60. The van der Waals surface area contributed by atoms with Gasteiger partial charge in [-0.25, -0.2) is 0 Å². The van der Waals surface area contributed by atoms with Gasteiger partial charge in [-0.2, -0.15) is 8.42 Å². The molecule has 0 N–H and O–H groups in total. The largest absolute Gasteiger partial charge is 0.546 e. The quantitative estimate of drug-likeness (QED) is 0.397. The van der Waals surface area contributed by atoms with Crippen molar-refractivity contribution in [1.82, 2.24) is 0 Å². The third-order valence-corrected chi connectivity index (χ3v) is 4.04. The molecule has 9 heteroatoms. The maximum Gasteiger partial charge on any atom is 0.306 e. The fourth-order valence-electron chi connectivity index (χ4n) is 2.19. The Morgan fingerprint density at radius 3 is 1.93 bits per heavy atom. The molecule has 0 bridgehead atoms. The molecule has 2 aromatic carbocycles. The van der Waals surface area contributed by atoms with Crippen LogP contribution in [0, 0.1) is 0 Å². The minimum absolute atomic E-state index is 0.178. The van der Waals surface area contributed by atoms with E-state index in [1.54, 1.807) is 36.4 Å². The molecule has 0 amide bonds. The summed E-state index contributed by atoms with van der Waals surface area (Å²) in [6.07, 6.45) is 1.53. The van der Waals surface area contributed by atoms with Gasteiger partial charge < -0.3 is 28.3 Å². The average molecular weight is 423 g/mol. The Kier molecular flexibility index (Phi) is 7.33. The predicted molar refractivity (Wildman–Crippen MR) is 104 cm³/mol. The zero-order valence-electron chi connectivity index (χ0n) is 16.4. The van der Waals surface area contributed by atoms with Crippen molar-refractivity contribution in [2.45, 2.75) is 25.9 Å². The molecule has 0 spiro atoms. The zero-order chi connectivity index (χ0) is 21.5. The number of carboxylic acid groups (broad SMARTS) is 1. The third-order valence-electron chi connectivity index (χ3n) is 3.55. The van der Waals surface area contributed by atoms with Crippen LogP contribution in [0.5, 0.6) is 23.0 Å². The van der Waals surface area contributed by atoms with Crippen LogP contribution in [0.25, 0.3) is 0 Å². The highest BCUT2D eigenvalue weighted by Crippen LogP contribution is 2.24. The minimum Gasteiger partial charge on any atom is -0.546 e. The number of benzene rings is 2. The topological polar surface area (TPSA) is 111 Å². The van der Waals surface area contributed by atoms with E-state index >= 15 is 0 Å². The van der Waals surface area contributed by atoms with Crippen LogP contribution in [-0.4, -0.2) is 39.5 Å². The van der Waals surface area contributed by atoms with Crippen molar-refractivity contribution in [3.63, 3.8) is 0 Å². The number of hydrogen-bond acceptors (Lipinski definition) is 8. The highest BCUT2D eigenvalue weighted by atomic mass is 32.2. The van der Waals surface area contributed by atoms with Gasteiger partial charge in [0.2, 0.25) is 0 Å². The summed E-state index contributed by atoms with van der Waals surface area (Å²) in [7, 11) is -3.60. The van der Waals surface area contributed by atoms with E-state index in [4.69, 9.17) is 18.4 Å². The molecule has 0 saturated heterocycles. The van der Waals surface area contributed by atoms with Gasteiger partial charge in [0.15, 0.2) is 0 Å². The normalized spacial score (nSPS) is 11.6. The molecule has 2 rings (SSSR count). The van der Waals surface area contributed by atoms with E-state index in [0.29, 0.717) is 36.9 Å². The lowest BCUT2D eigenvalue weighted by Crippen LogP contribution is -2.47. The van der Waals surface area contributed by atoms with Crippen molar-refractivity contribution < 1.29 is 36.7 Å². The van der Waals surface area contributed by atoms with E-state index in [1.807, 2.05) is 0 Å². The van der Waals surface area contributed by atoms with Crippen LogP contribution in [0.15, 0.2) is 48.5 Å². The van der Waals surface area contributed by atoms with Crippen LogP contribution in [0.1, 0.15) is 20.3 Å². The van der Waals surface area contributed by atoms with E-state index in [0.717, 1.165) is 6.26 Å². The summed E-state index contributed by atoms with van der Waals surface area (Å²) in [4.78, 5) is 11.0. The molecule has 2 aromatic rings. The molecule has 0 atom stereocenters. The summed E-state index contributed by atoms with van der Waals surface area (Å²) in [5, 5.41) is 11.0. The fraction of sp³-hybridized carbons (Fsp3) is 0.350. The lowest BCUT2D eigenvalue weighted by atomic mass is 10.1. The first-order valence-electron chi connectivity index (χ1n) is 8.81. The van der Waals surface area contributed by atoms with Gasteiger partial charge in [0.05, 0.1) is 25.4 Å². The van der Waals surface area contributed by atoms with E-state index in [1.165, 1.54) is 26.0 Å². The Labute approximate surface area is 170 Å². The number of hydrogen-bond donors (Lipinski definition) is 0. The first kappa shape index (κ1) is 22.4. The Hall–Kier alpha value is -2.94. The first-order valence-corrected chi connectivity index (χ1v) is 10.6. The van der Waals surface area contributed by atoms with E-state index in [9.17, 15) is 18.3 Å². The van der Waals surface area contributed by atoms with Crippen molar-refractivity contribution >= 4 is 16.1 Å². The summed E-state index contributed by atoms with van der Waals surface area (Å²) in [5.74, 6) is 0.228. The number of carbonyl (C=O) groups is 1. The van der Waals surface area contributed by atoms with Crippen LogP contribution >= 0.6 is 0 Å². The van der Waals surface area contributed by atoms with Gasteiger partial charge in [0.25, 0.3) is 0 Å². The van der Waals surface area contributed by atoms with E-state index in [2.05, 4.69) is 0 Å². The standard InChI is InChI=1S/C20H24O8S/c1-20(2,19(21)22)27-17-9-4-7-15(13-17)25-11-6-12-26-16-8-5-10-18(14-16)28-29(3,23)24/h4-5,7-10,13-14H,6,11-12H2,1-3H3,(H,21,22)/p-1. The number of rotatable bonds is 11.